The van der Waals surface area contributed by atoms with E-state index < -0.39 is 15.9 Å². The van der Waals surface area contributed by atoms with Crippen LogP contribution in [0.1, 0.15) is 11.1 Å². The van der Waals surface area contributed by atoms with E-state index in [-0.39, 0.29) is 4.90 Å². The van der Waals surface area contributed by atoms with Crippen molar-refractivity contribution >= 4 is 44.3 Å². The first-order valence-electron chi connectivity index (χ1n) is 9.06. The van der Waals surface area contributed by atoms with Crippen LogP contribution in [0.4, 0.5) is 5.69 Å². The van der Waals surface area contributed by atoms with Gasteiger partial charge in [-0.1, -0.05) is 48.5 Å². The lowest BCUT2D eigenvalue weighted by atomic mass is 10.0. The Labute approximate surface area is 173 Å². The summed E-state index contributed by atoms with van der Waals surface area (Å²) in [5, 5.41) is 0.534. The van der Waals surface area contributed by atoms with Crippen LogP contribution in [0.3, 0.4) is 0 Å². The highest BCUT2D eigenvalue weighted by atomic mass is 32.2. The van der Waals surface area contributed by atoms with Gasteiger partial charge in [0.05, 0.1) is 16.0 Å². The van der Waals surface area contributed by atoms with Crippen LogP contribution in [0.15, 0.2) is 84.0 Å². The quantitative estimate of drug-likeness (QED) is 0.416. The number of rotatable bonds is 6. The molecule has 0 unspecified atom stereocenters. The maximum atomic E-state index is 12.8. The predicted octanol–water partition coefficient (Wildman–Crippen LogP) is 3.39. The van der Waals surface area contributed by atoms with Crippen LogP contribution >= 0.6 is 0 Å². The third-order valence-electron chi connectivity index (χ3n) is 4.55. The third kappa shape index (κ3) is 3.81. The number of pyridine rings is 1. The molecule has 7 nitrogen and oxygen atoms in total. The normalized spacial score (nSPS) is 12.1. The number of primary amides is 1. The first-order valence-corrected chi connectivity index (χ1v) is 10.5. The van der Waals surface area contributed by atoms with Gasteiger partial charge >= 0.3 is 0 Å². The Balaban J connectivity index is 1.83. The molecule has 30 heavy (non-hydrogen) atoms. The highest BCUT2D eigenvalue weighted by Crippen LogP contribution is 2.30. The molecule has 2 aromatic heterocycles. The number of fused-ring (bicyclic) bond motifs is 1. The molecule has 150 valence electrons. The molecule has 2 aromatic carbocycles. The van der Waals surface area contributed by atoms with Crippen molar-refractivity contribution in [3.05, 3.63) is 90.3 Å². The Morgan fingerprint density at radius 2 is 1.67 bits per heavy atom. The smallest absolute Gasteiger partial charge is 0.261 e. The summed E-state index contributed by atoms with van der Waals surface area (Å²) in [7, 11) is -3.80. The van der Waals surface area contributed by atoms with E-state index >= 15 is 0 Å². The summed E-state index contributed by atoms with van der Waals surface area (Å²) in [6.07, 6.45) is 4.78. The minimum Gasteiger partial charge on any atom is -0.366 e. The molecule has 0 bridgehead atoms. The summed E-state index contributed by atoms with van der Waals surface area (Å²) in [6, 6.07) is 18.7. The Morgan fingerprint density at radius 3 is 2.33 bits per heavy atom. The molecule has 0 fully saturated rings. The van der Waals surface area contributed by atoms with Gasteiger partial charge in [-0.3, -0.25) is 9.52 Å². The van der Waals surface area contributed by atoms with Gasteiger partial charge in [-0.2, -0.15) is 0 Å². The van der Waals surface area contributed by atoms with Crippen LogP contribution in [-0.4, -0.2) is 24.3 Å². The maximum absolute atomic E-state index is 12.8. The van der Waals surface area contributed by atoms with Crippen LogP contribution in [0, 0.1) is 0 Å². The van der Waals surface area contributed by atoms with Crippen LogP contribution in [0.25, 0.3) is 22.7 Å². The van der Waals surface area contributed by atoms with Crippen LogP contribution in [-0.2, 0) is 14.8 Å². The van der Waals surface area contributed by atoms with Crippen molar-refractivity contribution in [3.63, 3.8) is 0 Å². The Bertz CT molecular complexity index is 1350. The number of amides is 1. The molecular formula is C22H18N4O3S. The second kappa shape index (κ2) is 7.84. The van der Waals surface area contributed by atoms with E-state index in [1.807, 2.05) is 18.2 Å². The molecule has 0 saturated heterocycles. The molecule has 0 atom stereocenters. The summed E-state index contributed by atoms with van der Waals surface area (Å²) < 4.78 is 28.2. The van der Waals surface area contributed by atoms with Crippen LogP contribution in [0.2, 0.25) is 0 Å². The number of nitrogens with zero attached hydrogens (tertiary/aromatic N) is 1. The highest BCUT2D eigenvalue weighted by molar-refractivity contribution is 7.92. The second-order valence-corrected chi connectivity index (χ2v) is 8.22. The number of carbonyl (C=O) groups is 1. The molecule has 0 radical (unpaired) electrons. The fourth-order valence-electron chi connectivity index (χ4n) is 3.15. The number of carbonyl (C=O) groups excluding carboxylic acids is 1. The minimum atomic E-state index is -3.80. The summed E-state index contributed by atoms with van der Waals surface area (Å²) in [6.45, 7) is 0. The molecule has 8 heteroatoms. The van der Waals surface area contributed by atoms with Gasteiger partial charge in [0, 0.05) is 23.5 Å². The van der Waals surface area contributed by atoms with Crippen molar-refractivity contribution in [2.45, 2.75) is 4.90 Å². The van der Waals surface area contributed by atoms with Gasteiger partial charge in [-0.15, -0.1) is 0 Å². The Morgan fingerprint density at radius 1 is 1.00 bits per heavy atom. The van der Waals surface area contributed by atoms with E-state index in [1.165, 1.54) is 18.3 Å². The van der Waals surface area contributed by atoms with Crippen LogP contribution < -0.4 is 10.5 Å². The van der Waals surface area contributed by atoms with E-state index in [4.69, 9.17) is 5.73 Å². The largest absolute Gasteiger partial charge is 0.366 e. The number of hydrogen-bond donors (Lipinski definition) is 3. The maximum Gasteiger partial charge on any atom is 0.261 e. The SMILES string of the molecule is NC(=O)C(=Cc1c[nH]c2nccc(NS(=O)(=O)c3ccccc3)c12)c1ccccc1. The molecule has 4 rings (SSSR count). The van der Waals surface area contributed by atoms with Crippen LogP contribution in [0.5, 0.6) is 0 Å². The third-order valence-corrected chi connectivity index (χ3v) is 5.93. The van der Waals surface area contributed by atoms with Crippen molar-refractivity contribution in [2.75, 3.05) is 4.72 Å². The fourth-order valence-corrected chi connectivity index (χ4v) is 4.25. The summed E-state index contributed by atoms with van der Waals surface area (Å²) >= 11 is 0. The summed E-state index contributed by atoms with van der Waals surface area (Å²) in [5.74, 6) is -0.592. The topological polar surface area (TPSA) is 118 Å². The standard InChI is InChI=1S/C22H18N4O3S/c23-21(27)18(15-7-3-1-4-8-15)13-16-14-25-22-20(16)19(11-12-24-22)26-30(28,29)17-9-5-2-6-10-17/h1-14H,(H2,23,27)(H2,24,25,26). The molecule has 4 aromatic rings. The number of H-pyrrole nitrogens is 1. The zero-order chi connectivity index (χ0) is 21.1. The lowest BCUT2D eigenvalue weighted by molar-refractivity contribution is -0.112. The highest BCUT2D eigenvalue weighted by Gasteiger charge is 2.18. The molecule has 0 aliphatic heterocycles. The van der Waals surface area contributed by atoms with Gasteiger partial charge in [0.1, 0.15) is 5.65 Å². The van der Waals surface area contributed by atoms with Gasteiger partial charge < -0.3 is 10.7 Å². The number of hydrogen-bond acceptors (Lipinski definition) is 4. The van der Waals surface area contributed by atoms with Crippen molar-refractivity contribution in [3.8, 4) is 0 Å². The average Bonchev–Trinajstić information content (AvgIpc) is 3.17. The number of anilines is 1. The fraction of sp³-hybridized carbons (Fsp3) is 0. The van der Waals surface area contributed by atoms with E-state index in [9.17, 15) is 13.2 Å². The van der Waals surface area contributed by atoms with Crippen molar-refractivity contribution in [1.82, 2.24) is 9.97 Å². The first-order chi connectivity index (χ1) is 14.5. The monoisotopic (exact) mass is 418 g/mol. The zero-order valence-electron chi connectivity index (χ0n) is 15.7. The van der Waals surface area contributed by atoms with E-state index in [0.29, 0.717) is 33.4 Å². The number of benzene rings is 2. The second-order valence-electron chi connectivity index (χ2n) is 6.53. The lowest BCUT2D eigenvalue weighted by Gasteiger charge is -2.10. The van der Waals surface area contributed by atoms with Gasteiger partial charge in [-0.25, -0.2) is 13.4 Å². The molecule has 0 aliphatic rings. The number of nitrogens with two attached hydrogens (primary N) is 1. The van der Waals surface area contributed by atoms with E-state index in [0.717, 1.165) is 0 Å². The molecule has 1 amide bonds. The van der Waals surface area contributed by atoms with Gasteiger partial charge in [0.2, 0.25) is 5.91 Å². The van der Waals surface area contributed by atoms with E-state index in [2.05, 4.69) is 14.7 Å². The molecule has 4 N–H and O–H groups in total. The van der Waals surface area contributed by atoms with Crippen molar-refractivity contribution in [1.29, 1.82) is 0 Å². The molecule has 0 spiro atoms. The number of aromatic nitrogens is 2. The van der Waals surface area contributed by atoms with Crippen molar-refractivity contribution in [2.24, 2.45) is 5.73 Å². The lowest BCUT2D eigenvalue weighted by Crippen LogP contribution is -2.13. The summed E-state index contributed by atoms with van der Waals surface area (Å²) in [4.78, 5) is 19.5. The Kier molecular flexibility index (Phi) is 5.07. The zero-order valence-corrected chi connectivity index (χ0v) is 16.6. The number of nitrogens with one attached hydrogen (secondary N) is 2. The number of aromatic amines is 1. The summed E-state index contributed by atoms with van der Waals surface area (Å²) in [5.41, 5.74) is 7.97. The Hall–Kier alpha value is -3.91. The van der Waals surface area contributed by atoms with Gasteiger partial charge in [0.25, 0.3) is 10.0 Å². The van der Waals surface area contributed by atoms with Gasteiger partial charge in [-0.05, 0) is 29.8 Å². The van der Waals surface area contributed by atoms with Crippen molar-refractivity contribution < 1.29 is 13.2 Å². The van der Waals surface area contributed by atoms with E-state index in [1.54, 1.807) is 48.7 Å². The minimum absolute atomic E-state index is 0.143. The average molecular weight is 418 g/mol. The predicted molar refractivity (Wildman–Crippen MR) is 117 cm³/mol. The van der Waals surface area contributed by atoms with Gasteiger partial charge in [0.15, 0.2) is 0 Å². The molecular weight excluding hydrogens is 400 g/mol. The number of sulfonamides is 1. The molecule has 0 saturated carbocycles. The molecule has 2 heterocycles. The molecule has 0 aliphatic carbocycles. The first kappa shape index (κ1) is 19.4.